The standard InChI is InChI=1S/C31H47BrO2Si/c1-7-8-9-10-11-12-13-14-22-33-30-20-18-26(19-21-30)23-28(27-16-15-17-29(32)24-27)25-34-35(5,6)31(2,3)4/h15-21,23-24H,7-14,22,25H2,1-6H3. The Hall–Kier alpha value is -1.36. The van der Waals surface area contributed by atoms with Gasteiger partial charge in [-0.2, -0.15) is 0 Å². The molecule has 2 aromatic carbocycles. The Kier molecular flexibility index (Phi) is 12.8. The summed E-state index contributed by atoms with van der Waals surface area (Å²) in [4.78, 5) is 0. The minimum atomic E-state index is -1.85. The highest BCUT2D eigenvalue weighted by molar-refractivity contribution is 9.10. The van der Waals surface area contributed by atoms with Crippen LogP contribution in [0.15, 0.2) is 53.0 Å². The molecule has 0 aromatic heterocycles. The largest absolute Gasteiger partial charge is 0.494 e. The molecule has 0 bridgehead atoms. The van der Waals surface area contributed by atoms with E-state index in [1.54, 1.807) is 0 Å². The lowest BCUT2D eigenvalue weighted by molar-refractivity contribution is 0.304. The van der Waals surface area contributed by atoms with E-state index < -0.39 is 8.32 Å². The van der Waals surface area contributed by atoms with E-state index >= 15 is 0 Å². The highest BCUT2D eigenvalue weighted by atomic mass is 79.9. The van der Waals surface area contributed by atoms with Crippen LogP contribution in [-0.4, -0.2) is 21.5 Å². The second-order valence-electron chi connectivity index (χ2n) is 11.1. The molecule has 2 rings (SSSR count). The van der Waals surface area contributed by atoms with Crippen molar-refractivity contribution < 1.29 is 9.16 Å². The predicted molar refractivity (Wildman–Crippen MR) is 160 cm³/mol. The molecule has 0 unspecified atom stereocenters. The van der Waals surface area contributed by atoms with Crippen LogP contribution in [0.4, 0.5) is 0 Å². The molecule has 35 heavy (non-hydrogen) atoms. The van der Waals surface area contributed by atoms with Gasteiger partial charge in [-0.1, -0.05) is 113 Å². The molecule has 0 saturated carbocycles. The van der Waals surface area contributed by atoms with Crippen molar-refractivity contribution in [3.63, 3.8) is 0 Å². The van der Waals surface area contributed by atoms with Gasteiger partial charge in [-0.05, 0) is 71.6 Å². The maximum Gasteiger partial charge on any atom is 0.192 e. The van der Waals surface area contributed by atoms with Crippen molar-refractivity contribution in [1.29, 1.82) is 0 Å². The minimum absolute atomic E-state index is 0.184. The Morgan fingerprint density at radius 2 is 1.51 bits per heavy atom. The summed E-state index contributed by atoms with van der Waals surface area (Å²) in [7, 11) is -1.85. The van der Waals surface area contributed by atoms with Gasteiger partial charge in [-0.15, -0.1) is 0 Å². The van der Waals surface area contributed by atoms with Crippen molar-refractivity contribution >= 4 is 35.9 Å². The lowest BCUT2D eigenvalue weighted by atomic mass is 10.0. The summed E-state index contributed by atoms with van der Waals surface area (Å²) in [6, 6.07) is 16.9. The number of rotatable bonds is 15. The summed E-state index contributed by atoms with van der Waals surface area (Å²) in [5, 5.41) is 0.184. The first-order chi connectivity index (χ1) is 16.6. The highest BCUT2D eigenvalue weighted by Crippen LogP contribution is 2.37. The third-order valence-electron chi connectivity index (χ3n) is 7.08. The molecule has 0 aliphatic carbocycles. The highest BCUT2D eigenvalue weighted by Gasteiger charge is 2.37. The minimum Gasteiger partial charge on any atom is -0.494 e. The average molecular weight is 560 g/mol. The maximum absolute atomic E-state index is 6.59. The summed E-state index contributed by atoms with van der Waals surface area (Å²) in [6.45, 7) is 15.2. The van der Waals surface area contributed by atoms with Crippen molar-refractivity contribution in [1.82, 2.24) is 0 Å². The fraction of sp³-hybridized carbons (Fsp3) is 0.548. The summed E-state index contributed by atoms with van der Waals surface area (Å²) < 4.78 is 13.7. The van der Waals surface area contributed by atoms with E-state index in [4.69, 9.17) is 9.16 Å². The summed E-state index contributed by atoms with van der Waals surface area (Å²) >= 11 is 3.63. The van der Waals surface area contributed by atoms with E-state index in [0.29, 0.717) is 6.61 Å². The third-order valence-corrected chi connectivity index (χ3v) is 12.0. The van der Waals surface area contributed by atoms with Crippen molar-refractivity contribution in [2.75, 3.05) is 13.2 Å². The molecular weight excluding hydrogens is 512 g/mol. The lowest BCUT2D eigenvalue weighted by Gasteiger charge is -2.36. The molecule has 0 heterocycles. The molecule has 0 aliphatic heterocycles. The van der Waals surface area contributed by atoms with E-state index in [1.807, 2.05) is 0 Å². The van der Waals surface area contributed by atoms with E-state index in [2.05, 4.69) is 111 Å². The molecule has 0 atom stereocenters. The molecule has 2 nitrogen and oxygen atoms in total. The Bertz CT molecular complexity index is 897. The quantitative estimate of drug-likeness (QED) is 0.123. The molecule has 194 valence electrons. The van der Waals surface area contributed by atoms with E-state index in [9.17, 15) is 0 Å². The molecular formula is C31H47BrO2Si. The van der Waals surface area contributed by atoms with Crippen LogP contribution in [0, 0.1) is 0 Å². The molecule has 2 aromatic rings. The van der Waals surface area contributed by atoms with Crippen molar-refractivity contribution in [3.05, 3.63) is 64.1 Å². The zero-order valence-corrected chi connectivity index (χ0v) is 25.5. The predicted octanol–water partition coefficient (Wildman–Crippen LogP) is 10.5. The zero-order valence-electron chi connectivity index (χ0n) is 23.0. The van der Waals surface area contributed by atoms with Crippen LogP contribution in [0.25, 0.3) is 11.6 Å². The molecule has 0 N–H and O–H groups in total. The van der Waals surface area contributed by atoms with Gasteiger partial charge in [0.2, 0.25) is 0 Å². The summed E-state index contributed by atoms with van der Waals surface area (Å²) in [5.41, 5.74) is 3.55. The Morgan fingerprint density at radius 1 is 0.886 bits per heavy atom. The first-order valence-electron chi connectivity index (χ1n) is 13.5. The average Bonchev–Trinajstić information content (AvgIpc) is 2.81. The van der Waals surface area contributed by atoms with Crippen LogP contribution in [0.5, 0.6) is 5.75 Å². The van der Waals surface area contributed by atoms with Crippen molar-refractivity contribution in [2.45, 2.75) is 97.2 Å². The van der Waals surface area contributed by atoms with Gasteiger partial charge in [0.05, 0.1) is 13.2 Å². The topological polar surface area (TPSA) is 18.5 Å². The van der Waals surface area contributed by atoms with Gasteiger partial charge in [-0.3, -0.25) is 0 Å². The molecule has 0 saturated heterocycles. The first kappa shape index (κ1) is 29.9. The number of benzene rings is 2. The SMILES string of the molecule is CCCCCCCCCCOc1ccc(C=C(CO[Si](C)(C)C(C)(C)C)c2cccc(Br)c2)cc1. The number of hydrogen-bond acceptors (Lipinski definition) is 2. The van der Waals surface area contributed by atoms with E-state index in [1.165, 1.54) is 61.6 Å². The number of halogens is 1. The number of hydrogen-bond donors (Lipinski definition) is 0. The van der Waals surface area contributed by atoms with Gasteiger partial charge < -0.3 is 9.16 Å². The van der Waals surface area contributed by atoms with Gasteiger partial charge in [0, 0.05) is 4.47 Å². The second-order valence-corrected chi connectivity index (χ2v) is 16.8. The Labute approximate surface area is 224 Å². The van der Waals surface area contributed by atoms with Gasteiger partial charge >= 0.3 is 0 Å². The number of ether oxygens (including phenoxy) is 1. The smallest absolute Gasteiger partial charge is 0.192 e. The molecule has 0 spiro atoms. The Morgan fingerprint density at radius 3 is 2.11 bits per heavy atom. The lowest BCUT2D eigenvalue weighted by Crippen LogP contribution is -2.41. The van der Waals surface area contributed by atoms with Crippen LogP contribution >= 0.6 is 15.9 Å². The van der Waals surface area contributed by atoms with E-state index in [0.717, 1.165) is 23.2 Å². The fourth-order valence-electron chi connectivity index (χ4n) is 3.66. The normalized spacial score (nSPS) is 12.7. The van der Waals surface area contributed by atoms with Gasteiger partial charge in [-0.25, -0.2) is 0 Å². The number of unbranched alkanes of at least 4 members (excludes halogenated alkanes) is 7. The fourth-order valence-corrected chi connectivity index (χ4v) is 5.01. The molecule has 0 fully saturated rings. The van der Waals surface area contributed by atoms with Gasteiger partial charge in [0.25, 0.3) is 0 Å². The maximum atomic E-state index is 6.59. The molecule has 0 aliphatic rings. The Balaban J connectivity index is 1.96. The zero-order chi connectivity index (χ0) is 25.7. The first-order valence-corrected chi connectivity index (χ1v) is 17.2. The van der Waals surface area contributed by atoms with Crippen LogP contribution in [-0.2, 0) is 4.43 Å². The van der Waals surface area contributed by atoms with Crippen LogP contribution in [0.1, 0.15) is 90.2 Å². The van der Waals surface area contributed by atoms with Crippen molar-refractivity contribution in [3.8, 4) is 5.75 Å². The van der Waals surface area contributed by atoms with Crippen LogP contribution < -0.4 is 4.74 Å². The van der Waals surface area contributed by atoms with Crippen molar-refractivity contribution in [2.24, 2.45) is 0 Å². The summed E-state index contributed by atoms with van der Waals surface area (Å²) in [5.74, 6) is 0.951. The molecule has 0 radical (unpaired) electrons. The van der Waals surface area contributed by atoms with Crippen LogP contribution in [0.3, 0.4) is 0 Å². The second kappa shape index (κ2) is 15.0. The molecule has 0 amide bonds. The third kappa shape index (κ3) is 11.1. The van der Waals surface area contributed by atoms with Gasteiger partial charge in [0.15, 0.2) is 8.32 Å². The summed E-state index contributed by atoms with van der Waals surface area (Å²) in [6.07, 6.45) is 12.8. The molecule has 4 heteroatoms. The monoisotopic (exact) mass is 558 g/mol. The van der Waals surface area contributed by atoms with Crippen LogP contribution in [0.2, 0.25) is 18.1 Å². The van der Waals surface area contributed by atoms with Gasteiger partial charge in [0.1, 0.15) is 5.75 Å². The van der Waals surface area contributed by atoms with E-state index in [-0.39, 0.29) is 5.04 Å².